The zero-order valence-corrected chi connectivity index (χ0v) is 16.6. The topological polar surface area (TPSA) is 20.3 Å². The van der Waals surface area contributed by atoms with E-state index in [1.165, 1.54) is 19.3 Å². The minimum absolute atomic E-state index is 0.129. The molecule has 0 radical (unpaired) electrons. The van der Waals surface area contributed by atoms with Crippen molar-refractivity contribution in [3.63, 3.8) is 0 Å². The molecule has 138 valence electrons. The average molecular weight is 342 g/mol. The first-order valence-electron chi connectivity index (χ1n) is 9.72. The highest BCUT2D eigenvalue weighted by Gasteiger charge is 2.23. The molecule has 0 unspecified atom stereocenters. The van der Waals surface area contributed by atoms with Gasteiger partial charge in [0, 0.05) is 18.7 Å². The van der Waals surface area contributed by atoms with Crippen LogP contribution in [0.4, 0.5) is 0 Å². The largest absolute Gasteiger partial charge is 0.339 e. The summed E-state index contributed by atoms with van der Waals surface area (Å²) in [6, 6.07) is 0.386. The van der Waals surface area contributed by atoms with E-state index in [0.717, 1.165) is 42.4 Å². The maximum Gasteiger partial charge on any atom is 0.253 e. The summed E-state index contributed by atoms with van der Waals surface area (Å²) in [6.07, 6.45) is 20.0. The number of hydrogen-bond acceptors (Lipinski definition) is 1. The summed E-state index contributed by atoms with van der Waals surface area (Å²) in [5.74, 6) is 0.129. The van der Waals surface area contributed by atoms with E-state index in [2.05, 4.69) is 38.7 Å². The summed E-state index contributed by atoms with van der Waals surface area (Å²) >= 11 is 0. The summed E-state index contributed by atoms with van der Waals surface area (Å²) in [5, 5.41) is 0. The van der Waals surface area contributed by atoms with Crippen LogP contribution in [-0.2, 0) is 4.79 Å². The maximum absolute atomic E-state index is 12.9. The molecule has 0 spiro atoms. The molecule has 0 bridgehead atoms. The minimum atomic E-state index is 0.129. The van der Waals surface area contributed by atoms with Gasteiger partial charge in [0.05, 0.1) is 0 Å². The summed E-state index contributed by atoms with van der Waals surface area (Å²) in [4.78, 5) is 14.9. The number of amides is 1. The van der Waals surface area contributed by atoms with Gasteiger partial charge in [-0.25, -0.2) is 0 Å². The predicted octanol–water partition coefficient (Wildman–Crippen LogP) is 6.14. The third kappa shape index (κ3) is 6.89. The van der Waals surface area contributed by atoms with Crippen LogP contribution in [0.2, 0.25) is 0 Å². The van der Waals surface area contributed by atoms with Gasteiger partial charge in [-0.15, -0.1) is 0 Å². The Balaban J connectivity index is 2.85. The van der Waals surface area contributed by atoms with Gasteiger partial charge in [-0.05, 0) is 49.8 Å². The van der Waals surface area contributed by atoms with Gasteiger partial charge in [-0.2, -0.15) is 0 Å². The predicted molar refractivity (Wildman–Crippen MR) is 109 cm³/mol. The molecule has 0 heterocycles. The minimum Gasteiger partial charge on any atom is -0.339 e. The zero-order chi connectivity index (χ0) is 18.7. The van der Waals surface area contributed by atoms with Crippen LogP contribution >= 0.6 is 0 Å². The van der Waals surface area contributed by atoms with Gasteiger partial charge < -0.3 is 4.90 Å². The monoisotopic (exact) mass is 341 g/mol. The fourth-order valence-electron chi connectivity index (χ4n) is 3.20. The quantitative estimate of drug-likeness (QED) is 0.383. The van der Waals surface area contributed by atoms with Crippen molar-refractivity contribution >= 4 is 5.91 Å². The lowest BCUT2D eigenvalue weighted by Gasteiger charge is -2.31. The van der Waals surface area contributed by atoms with Crippen LogP contribution in [0.3, 0.4) is 0 Å². The Morgan fingerprint density at radius 1 is 1.04 bits per heavy atom. The average Bonchev–Trinajstić information content (AvgIpc) is 2.65. The van der Waals surface area contributed by atoms with E-state index in [0.29, 0.717) is 6.04 Å². The summed E-state index contributed by atoms with van der Waals surface area (Å²) in [5.41, 5.74) is 2.80. The van der Waals surface area contributed by atoms with Gasteiger partial charge in [0.15, 0.2) is 0 Å². The van der Waals surface area contributed by atoms with E-state index in [1.807, 2.05) is 37.1 Å². The Bertz CT molecular complexity index is 557. The highest BCUT2D eigenvalue weighted by atomic mass is 16.2. The molecule has 1 amide bonds. The van der Waals surface area contributed by atoms with Crippen molar-refractivity contribution in [2.45, 2.75) is 71.8 Å². The molecular weight excluding hydrogens is 306 g/mol. The van der Waals surface area contributed by atoms with Crippen molar-refractivity contribution < 1.29 is 4.79 Å². The second kappa shape index (κ2) is 11.7. The zero-order valence-electron chi connectivity index (χ0n) is 16.6. The fourth-order valence-corrected chi connectivity index (χ4v) is 3.20. The Hall–Kier alpha value is -1.83. The van der Waals surface area contributed by atoms with Gasteiger partial charge in [0.25, 0.3) is 5.91 Å². The van der Waals surface area contributed by atoms with Crippen molar-refractivity contribution in [2.24, 2.45) is 0 Å². The Kier molecular flexibility index (Phi) is 9.91. The van der Waals surface area contributed by atoms with Crippen molar-refractivity contribution in [1.29, 1.82) is 0 Å². The summed E-state index contributed by atoms with van der Waals surface area (Å²) in [7, 11) is 1.95. The molecule has 25 heavy (non-hydrogen) atoms. The molecule has 1 fully saturated rings. The Morgan fingerprint density at radius 2 is 1.72 bits per heavy atom. The van der Waals surface area contributed by atoms with Gasteiger partial charge >= 0.3 is 0 Å². The molecule has 0 N–H and O–H groups in total. The molecule has 0 aliphatic heterocycles. The molecule has 1 saturated carbocycles. The second-order valence-electron chi connectivity index (χ2n) is 6.69. The lowest BCUT2D eigenvalue weighted by Crippen LogP contribution is -2.38. The van der Waals surface area contributed by atoms with E-state index < -0.39 is 0 Å². The molecule has 1 aliphatic rings. The van der Waals surface area contributed by atoms with E-state index >= 15 is 0 Å². The van der Waals surface area contributed by atoms with Crippen molar-refractivity contribution in [3.8, 4) is 0 Å². The Morgan fingerprint density at radius 3 is 2.28 bits per heavy atom. The molecule has 0 aromatic rings. The van der Waals surface area contributed by atoms with Crippen molar-refractivity contribution in [3.05, 3.63) is 59.8 Å². The number of nitrogens with zero attached hydrogens (tertiary/aromatic N) is 1. The first-order valence-corrected chi connectivity index (χ1v) is 9.72. The van der Waals surface area contributed by atoms with Crippen LogP contribution in [0, 0.1) is 0 Å². The van der Waals surface area contributed by atoms with E-state index in [4.69, 9.17) is 0 Å². The standard InChI is InChI=1S/C23H35NO/c1-6-9-14-20(8-3)19(4)17-18-21(13-7-2)23(25)24(5)22-15-11-10-12-16-22/h8-9,13-14,17-18,22H,4,6-7,10-12,15-16H2,1-3,5H3/b14-9-,18-17-,20-8+,21-13+. The van der Waals surface area contributed by atoms with Crippen LogP contribution in [0.25, 0.3) is 0 Å². The van der Waals surface area contributed by atoms with Crippen LogP contribution in [0.15, 0.2) is 59.8 Å². The molecule has 1 aliphatic carbocycles. The lowest BCUT2D eigenvalue weighted by atomic mass is 9.94. The van der Waals surface area contributed by atoms with Crippen molar-refractivity contribution in [1.82, 2.24) is 4.90 Å². The smallest absolute Gasteiger partial charge is 0.253 e. The number of rotatable bonds is 8. The van der Waals surface area contributed by atoms with Crippen LogP contribution in [-0.4, -0.2) is 23.9 Å². The number of hydrogen-bond donors (Lipinski definition) is 0. The van der Waals surface area contributed by atoms with Crippen LogP contribution in [0.5, 0.6) is 0 Å². The molecule has 2 nitrogen and oxygen atoms in total. The van der Waals surface area contributed by atoms with Gasteiger partial charge in [-0.1, -0.05) is 70.1 Å². The van der Waals surface area contributed by atoms with E-state index in [-0.39, 0.29) is 5.91 Å². The van der Waals surface area contributed by atoms with Crippen LogP contribution < -0.4 is 0 Å². The normalized spacial score (nSPS) is 17.4. The number of carbonyl (C=O) groups is 1. The highest BCUT2D eigenvalue weighted by Crippen LogP contribution is 2.23. The van der Waals surface area contributed by atoms with E-state index in [1.54, 1.807) is 0 Å². The van der Waals surface area contributed by atoms with Gasteiger partial charge in [0.1, 0.15) is 0 Å². The van der Waals surface area contributed by atoms with E-state index in [9.17, 15) is 4.79 Å². The molecule has 0 atom stereocenters. The van der Waals surface area contributed by atoms with Crippen LogP contribution in [0.1, 0.15) is 65.7 Å². The highest BCUT2D eigenvalue weighted by molar-refractivity contribution is 5.96. The number of likely N-dealkylation sites (N-methyl/N-ethyl adjacent to an activating group) is 1. The molecule has 0 aromatic heterocycles. The molecular formula is C23H35NO. The van der Waals surface area contributed by atoms with Gasteiger partial charge in [0.2, 0.25) is 0 Å². The fraction of sp³-hybridized carbons (Fsp3) is 0.522. The third-order valence-corrected chi connectivity index (χ3v) is 4.79. The molecule has 1 rings (SSSR count). The first-order chi connectivity index (χ1) is 12.0. The maximum atomic E-state index is 12.9. The second-order valence-corrected chi connectivity index (χ2v) is 6.69. The molecule has 2 heteroatoms. The summed E-state index contributed by atoms with van der Waals surface area (Å²) in [6.45, 7) is 10.3. The SMILES string of the molecule is C=C(/C=C\C(=C/CC)C(=O)N(C)C1CCCCC1)C(/C=C\CC)=C/C. The molecule has 0 saturated heterocycles. The van der Waals surface area contributed by atoms with Gasteiger partial charge in [-0.3, -0.25) is 4.79 Å². The summed E-state index contributed by atoms with van der Waals surface area (Å²) < 4.78 is 0. The first kappa shape index (κ1) is 21.2. The number of carbonyl (C=O) groups excluding carboxylic acids is 1. The third-order valence-electron chi connectivity index (χ3n) is 4.79. The Labute approximate surface area is 154 Å². The number of allylic oxidation sites excluding steroid dienone is 7. The molecule has 0 aromatic carbocycles. The van der Waals surface area contributed by atoms with Crippen molar-refractivity contribution in [2.75, 3.05) is 7.05 Å². The lowest BCUT2D eigenvalue weighted by molar-refractivity contribution is -0.128.